The van der Waals surface area contributed by atoms with Gasteiger partial charge in [-0.15, -0.1) is 11.3 Å². The molecule has 1 atom stereocenters. The van der Waals surface area contributed by atoms with E-state index in [0.29, 0.717) is 22.0 Å². The number of nitrogens with one attached hydrogen (secondary N) is 1. The lowest BCUT2D eigenvalue weighted by Crippen LogP contribution is -2.34. The number of halogens is 1. The van der Waals surface area contributed by atoms with Crippen molar-refractivity contribution in [3.05, 3.63) is 44.6 Å². The molecule has 0 radical (unpaired) electrons. The average Bonchev–Trinajstić information content (AvgIpc) is 2.86. The van der Waals surface area contributed by atoms with Gasteiger partial charge in [-0.2, -0.15) is 0 Å². The van der Waals surface area contributed by atoms with Crippen molar-refractivity contribution in [2.45, 2.75) is 26.3 Å². The van der Waals surface area contributed by atoms with Gasteiger partial charge in [0.25, 0.3) is 5.91 Å². The fourth-order valence-electron chi connectivity index (χ4n) is 2.16. The standard InChI is InChI=1S/C16H19ClN2O2S/c1-9(6-11-5-4-10(2)22-11)19-16(20)12-7-13(17)14(18)8-15(12)21-3/h4-5,7-9H,6,18H2,1-3H3,(H,19,20). The Morgan fingerprint density at radius 1 is 1.45 bits per heavy atom. The van der Waals surface area contributed by atoms with Crippen LogP contribution in [0.3, 0.4) is 0 Å². The van der Waals surface area contributed by atoms with E-state index >= 15 is 0 Å². The molecule has 0 spiro atoms. The summed E-state index contributed by atoms with van der Waals surface area (Å²) in [6.07, 6.45) is 0.787. The van der Waals surface area contributed by atoms with Crippen molar-refractivity contribution in [1.29, 1.82) is 0 Å². The Balaban J connectivity index is 2.10. The number of aryl methyl sites for hydroxylation is 1. The molecule has 2 rings (SSSR count). The fourth-order valence-corrected chi connectivity index (χ4v) is 3.35. The van der Waals surface area contributed by atoms with Gasteiger partial charge in [0.15, 0.2) is 0 Å². The first-order valence-electron chi connectivity index (χ1n) is 6.90. The summed E-state index contributed by atoms with van der Waals surface area (Å²) in [6, 6.07) is 7.27. The Kier molecular flexibility index (Phi) is 5.32. The second kappa shape index (κ2) is 7.03. The second-order valence-corrected chi connectivity index (χ2v) is 6.94. The number of hydrogen-bond donors (Lipinski definition) is 2. The highest BCUT2D eigenvalue weighted by atomic mass is 35.5. The summed E-state index contributed by atoms with van der Waals surface area (Å²) < 4.78 is 5.21. The normalized spacial score (nSPS) is 12.0. The minimum Gasteiger partial charge on any atom is -0.496 e. The first kappa shape index (κ1) is 16.6. The molecular weight excluding hydrogens is 320 g/mol. The number of methoxy groups -OCH3 is 1. The third kappa shape index (κ3) is 3.93. The van der Waals surface area contributed by atoms with E-state index in [2.05, 4.69) is 24.4 Å². The summed E-state index contributed by atoms with van der Waals surface area (Å²) in [5, 5.41) is 3.30. The topological polar surface area (TPSA) is 64.3 Å². The molecule has 0 fully saturated rings. The van der Waals surface area contributed by atoms with Gasteiger partial charge in [0.05, 0.1) is 23.4 Å². The Hall–Kier alpha value is -1.72. The molecule has 0 bridgehead atoms. The van der Waals surface area contributed by atoms with Crippen LogP contribution >= 0.6 is 22.9 Å². The van der Waals surface area contributed by atoms with E-state index in [9.17, 15) is 4.79 Å². The number of amides is 1. The third-order valence-electron chi connectivity index (χ3n) is 3.24. The summed E-state index contributed by atoms with van der Waals surface area (Å²) in [5.41, 5.74) is 6.50. The van der Waals surface area contributed by atoms with Crippen molar-refractivity contribution in [2.24, 2.45) is 0 Å². The SMILES string of the molecule is COc1cc(N)c(Cl)cc1C(=O)NC(C)Cc1ccc(C)s1. The van der Waals surface area contributed by atoms with E-state index in [-0.39, 0.29) is 11.9 Å². The van der Waals surface area contributed by atoms with E-state index in [1.165, 1.54) is 22.9 Å². The number of anilines is 1. The largest absolute Gasteiger partial charge is 0.496 e. The van der Waals surface area contributed by atoms with Crippen molar-refractivity contribution >= 4 is 34.5 Å². The zero-order chi connectivity index (χ0) is 16.3. The highest BCUT2D eigenvalue weighted by Gasteiger charge is 2.17. The van der Waals surface area contributed by atoms with E-state index in [1.807, 2.05) is 6.92 Å². The lowest BCUT2D eigenvalue weighted by molar-refractivity contribution is 0.0937. The van der Waals surface area contributed by atoms with E-state index in [0.717, 1.165) is 6.42 Å². The van der Waals surface area contributed by atoms with E-state index in [1.54, 1.807) is 17.4 Å². The van der Waals surface area contributed by atoms with Crippen LogP contribution in [0.1, 0.15) is 27.0 Å². The lowest BCUT2D eigenvalue weighted by Gasteiger charge is -2.15. The number of carbonyl (C=O) groups excluding carboxylic acids is 1. The predicted molar refractivity (Wildman–Crippen MR) is 92.1 cm³/mol. The van der Waals surface area contributed by atoms with Gasteiger partial charge in [0.2, 0.25) is 0 Å². The summed E-state index contributed by atoms with van der Waals surface area (Å²) in [4.78, 5) is 14.9. The van der Waals surface area contributed by atoms with Crippen LogP contribution in [0.5, 0.6) is 5.75 Å². The van der Waals surface area contributed by atoms with Crippen molar-refractivity contribution in [2.75, 3.05) is 12.8 Å². The number of nitrogens with two attached hydrogens (primary N) is 1. The maximum Gasteiger partial charge on any atom is 0.255 e. The number of carbonyl (C=O) groups is 1. The smallest absolute Gasteiger partial charge is 0.255 e. The van der Waals surface area contributed by atoms with Crippen LogP contribution in [0.15, 0.2) is 24.3 Å². The monoisotopic (exact) mass is 338 g/mol. The molecule has 0 saturated carbocycles. The molecule has 118 valence electrons. The summed E-state index contributed by atoms with van der Waals surface area (Å²) >= 11 is 7.73. The Bertz CT molecular complexity index is 685. The highest BCUT2D eigenvalue weighted by molar-refractivity contribution is 7.11. The summed E-state index contributed by atoms with van der Waals surface area (Å²) in [5.74, 6) is 0.193. The predicted octanol–water partition coefficient (Wildman–Crippen LogP) is 3.66. The summed E-state index contributed by atoms with van der Waals surface area (Å²) in [6.45, 7) is 4.04. The van der Waals surface area contributed by atoms with Crippen LogP contribution in [-0.2, 0) is 6.42 Å². The molecule has 1 heterocycles. The van der Waals surface area contributed by atoms with Gasteiger partial charge in [-0.05, 0) is 32.0 Å². The maximum atomic E-state index is 12.4. The first-order chi connectivity index (χ1) is 10.4. The number of thiophene rings is 1. The zero-order valence-electron chi connectivity index (χ0n) is 12.8. The van der Waals surface area contributed by atoms with Crippen molar-refractivity contribution < 1.29 is 9.53 Å². The van der Waals surface area contributed by atoms with Crippen LogP contribution in [-0.4, -0.2) is 19.1 Å². The van der Waals surface area contributed by atoms with Gasteiger partial charge in [-0.1, -0.05) is 11.6 Å². The van der Waals surface area contributed by atoms with Gasteiger partial charge >= 0.3 is 0 Å². The van der Waals surface area contributed by atoms with Gasteiger partial charge in [-0.25, -0.2) is 0 Å². The molecule has 22 heavy (non-hydrogen) atoms. The lowest BCUT2D eigenvalue weighted by atomic mass is 10.1. The van der Waals surface area contributed by atoms with Crippen molar-refractivity contribution in [3.8, 4) is 5.75 Å². The molecule has 1 unspecified atom stereocenters. The summed E-state index contributed by atoms with van der Waals surface area (Å²) in [7, 11) is 1.50. The van der Waals surface area contributed by atoms with Crippen LogP contribution in [0.2, 0.25) is 5.02 Å². The number of hydrogen-bond acceptors (Lipinski definition) is 4. The van der Waals surface area contributed by atoms with Crippen molar-refractivity contribution in [1.82, 2.24) is 5.32 Å². The Morgan fingerprint density at radius 2 is 2.18 bits per heavy atom. The van der Waals surface area contributed by atoms with Crippen LogP contribution < -0.4 is 15.8 Å². The van der Waals surface area contributed by atoms with Crippen molar-refractivity contribution in [3.63, 3.8) is 0 Å². The number of benzene rings is 1. The van der Waals surface area contributed by atoms with Crippen LogP contribution in [0.4, 0.5) is 5.69 Å². The number of ether oxygens (including phenoxy) is 1. The Morgan fingerprint density at radius 3 is 2.77 bits per heavy atom. The molecule has 1 aromatic carbocycles. The minimum atomic E-state index is -0.223. The van der Waals surface area contributed by atoms with Gasteiger partial charge in [-0.3, -0.25) is 4.79 Å². The molecular formula is C16H19ClN2O2S. The fraction of sp³-hybridized carbons (Fsp3) is 0.312. The minimum absolute atomic E-state index is 0.00610. The third-order valence-corrected chi connectivity index (χ3v) is 4.59. The van der Waals surface area contributed by atoms with Gasteiger partial charge in [0, 0.05) is 28.3 Å². The molecule has 2 aromatic rings. The van der Waals surface area contributed by atoms with Crippen LogP contribution in [0, 0.1) is 6.92 Å². The molecule has 1 amide bonds. The molecule has 0 aliphatic rings. The first-order valence-corrected chi connectivity index (χ1v) is 8.09. The molecule has 6 heteroatoms. The Labute approximate surface area is 139 Å². The van der Waals surface area contributed by atoms with Crippen LogP contribution in [0.25, 0.3) is 0 Å². The second-order valence-electron chi connectivity index (χ2n) is 5.16. The zero-order valence-corrected chi connectivity index (χ0v) is 14.3. The number of rotatable bonds is 5. The average molecular weight is 339 g/mol. The molecule has 1 aromatic heterocycles. The molecule has 0 saturated heterocycles. The molecule has 4 nitrogen and oxygen atoms in total. The highest BCUT2D eigenvalue weighted by Crippen LogP contribution is 2.29. The quantitative estimate of drug-likeness (QED) is 0.818. The van der Waals surface area contributed by atoms with Gasteiger partial charge in [0.1, 0.15) is 5.75 Å². The van der Waals surface area contributed by atoms with E-state index in [4.69, 9.17) is 22.1 Å². The van der Waals surface area contributed by atoms with Gasteiger partial charge < -0.3 is 15.8 Å². The maximum absolute atomic E-state index is 12.4. The van der Waals surface area contributed by atoms with E-state index < -0.39 is 0 Å². The molecule has 0 aliphatic carbocycles. The number of nitrogen functional groups attached to an aromatic ring is 1. The molecule has 0 aliphatic heterocycles. The molecule has 3 N–H and O–H groups in total.